The van der Waals surface area contributed by atoms with Crippen LogP contribution in [0.15, 0.2) is 42.5 Å². The van der Waals surface area contributed by atoms with E-state index in [1.807, 2.05) is 0 Å². The number of nitrogens with zero attached hydrogens (tertiary/aromatic N) is 1. The van der Waals surface area contributed by atoms with E-state index < -0.39 is 34.2 Å². The lowest BCUT2D eigenvalue weighted by Crippen LogP contribution is -2.30. The highest BCUT2D eigenvalue weighted by Gasteiger charge is 2.33. The molecule has 1 atom stereocenters. The van der Waals surface area contributed by atoms with Crippen LogP contribution in [0.3, 0.4) is 0 Å². The zero-order valence-corrected chi connectivity index (χ0v) is 14.7. The SMILES string of the molecule is CC(CCOc1ccc(Nc2ccc(C(F)(F)F)cc2[N+](=O)[O-])cc1)C(=O)[O-]. The van der Waals surface area contributed by atoms with Gasteiger partial charge in [0.2, 0.25) is 0 Å². The number of carboxylic acid groups (broad SMARTS) is 1. The zero-order valence-electron chi connectivity index (χ0n) is 14.7. The first kappa shape index (κ1) is 21.0. The van der Waals surface area contributed by atoms with Gasteiger partial charge >= 0.3 is 6.18 Å². The second kappa shape index (κ2) is 8.59. The molecule has 0 saturated carbocycles. The summed E-state index contributed by atoms with van der Waals surface area (Å²) in [5.41, 5.74) is -1.50. The van der Waals surface area contributed by atoms with Crippen molar-refractivity contribution in [3.63, 3.8) is 0 Å². The number of nitro benzene ring substituents is 1. The Morgan fingerprint density at radius 1 is 1.21 bits per heavy atom. The van der Waals surface area contributed by atoms with Crippen molar-refractivity contribution >= 4 is 23.0 Å². The Labute approximate surface area is 157 Å². The minimum absolute atomic E-state index is 0.0885. The van der Waals surface area contributed by atoms with E-state index >= 15 is 0 Å². The number of alkyl halides is 3. The van der Waals surface area contributed by atoms with E-state index in [1.165, 1.54) is 19.1 Å². The van der Waals surface area contributed by atoms with E-state index in [-0.39, 0.29) is 18.7 Å². The zero-order chi connectivity index (χ0) is 20.9. The smallest absolute Gasteiger partial charge is 0.416 e. The lowest BCUT2D eigenvalue weighted by atomic mass is 10.1. The van der Waals surface area contributed by atoms with Crippen LogP contribution in [-0.4, -0.2) is 17.5 Å². The highest BCUT2D eigenvalue weighted by atomic mass is 19.4. The van der Waals surface area contributed by atoms with Crippen molar-refractivity contribution < 1.29 is 32.7 Å². The molecule has 0 aromatic heterocycles. The topological polar surface area (TPSA) is 105 Å². The highest BCUT2D eigenvalue weighted by molar-refractivity contribution is 5.70. The lowest BCUT2D eigenvalue weighted by Gasteiger charge is -2.13. The number of hydrogen-bond donors (Lipinski definition) is 1. The van der Waals surface area contributed by atoms with Gasteiger partial charge in [0, 0.05) is 17.7 Å². The second-order valence-corrected chi connectivity index (χ2v) is 5.99. The quantitative estimate of drug-likeness (QED) is 0.540. The summed E-state index contributed by atoms with van der Waals surface area (Å²) in [5.74, 6) is -1.37. The molecular formula is C18H16F3N2O5-. The average molecular weight is 397 g/mol. The molecule has 0 bridgehead atoms. The first-order chi connectivity index (χ1) is 13.1. The number of benzene rings is 2. The number of carbonyl (C=O) groups excluding carboxylic acids is 1. The Balaban J connectivity index is 2.07. The van der Waals surface area contributed by atoms with E-state index in [0.717, 1.165) is 12.1 Å². The van der Waals surface area contributed by atoms with Crippen LogP contribution in [-0.2, 0) is 11.0 Å². The number of ether oxygens (including phenoxy) is 1. The van der Waals surface area contributed by atoms with Gasteiger partial charge in [-0.3, -0.25) is 10.1 Å². The van der Waals surface area contributed by atoms with Gasteiger partial charge in [-0.2, -0.15) is 13.2 Å². The van der Waals surface area contributed by atoms with Crippen molar-refractivity contribution in [2.75, 3.05) is 11.9 Å². The molecule has 0 heterocycles. The lowest BCUT2D eigenvalue weighted by molar-refractivity contribution is -0.384. The Morgan fingerprint density at radius 3 is 2.39 bits per heavy atom. The predicted octanol–water partition coefficient (Wildman–Crippen LogP) is 3.51. The minimum atomic E-state index is -4.68. The fraction of sp³-hybridized carbons (Fsp3) is 0.278. The number of carbonyl (C=O) groups is 1. The van der Waals surface area contributed by atoms with Crippen LogP contribution < -0.4 is 15.2 Å². The number of nitro groups is 1. The van der Waals surface area contributed by atoms with Crippen molar-refractivity contribution in [1.29, 1.82) is 0 Å². The summed E-state index contributed by atoms with van der Waals surface area (Å²) in [6.45, 7) is 1.66. The maximum atomic E-state index is 12.7. The molecule has 0 radical (unpaired) electrons. The van der Waals surface area contributed by atoms with Crippen molar-refractivity contribution in [2.24, 2.45) is 5.92 Å². The number of anilines is 2. The number of nitrogens with one attached hydrogen (secondary N) is 1. The van der Waals surface area contributed by atoms with Gasteiger partial charge < -0.3 is 20.0 Å². The van der Waals surface area contributed by atoms with Gasteiger partial charge in [-0.25, -0.2) is 0 Å². The summed E-state index contributed by atoms with van der Waals surface area (Å²) in [5, 5.41) is 24.4. The molecule has 7 nitrogen and oxygen atoms in total. The van der Waals surface area contributed by atoms with Gasteiger partial charge in [0.05, 0.1) is 17.1 Å². The number of halogens is 3. The molecule has 1 N–H and O–H groups in total. The Kier molecular flexibility index (Phi) is 6.45. The fourth-order valence-corrected chi connectivity index (χ4v) is 2.23. The van der Waals surface area contributed by atoms with Crippen LogP contribution in [0, 0.1) is 16.0 Å². The first-order valence-electron chi connectivity index (χ1n) is 8.14. The van der Waals surface area contributed by atoms with Crippen LogP contribution >= 0.6 is 0 Å². The summed E-state index contributed by atoms with van der Waals surface area (Å²) in [6.07, 6.45) is -4.42. The Morgan fingerprint density at radius 2 is 1.86 bits per heavy atom. The molecule has 150 valence electrons. The van der Waals surface area contributed by atoms with Gasteiger partial charge in [-0.1, -0.05) is 6.92 Å². The van der Waals surface area contributed by atoms with E-state index in [9.17, 15) is 33.2 Å². The molecule has 10 heteroatoms. The minimum Gasteiger partial charge on any atom is -0.550 e. The van der Waals surface area contributed by atoms with Crippen molar-refractivity contribution in [3.05, 3.63) is 58.1 Å². The van der Waals surface area contributed by atoms with Crippen molar-refractivity contribution in [2.45, 2.75) is 19.5 Å². The van der Waals surface area contributed by atoms with Crippen molar-refractivity contribution in [3.8, 4) is 5.75 Å². The van der Waals surface area contributed by atoms with E-state index in [4.69, 9.17) is 4.74 Å². The number of hydrogen-bond acceptors (Lipinski definition) is 6. The van der Waals surface area contributed by atoms with E-state index in [0.29, 0.717) is 17.5 Å². The van der Waals surface area contributed by atoms with Crippen LogP contribution in [0.1, 0.15) is 18.9 Å². The summed E-state index contributed by atoms with van der Waals surface area (Å²) in [4.78, 5) is 20.8. The van der Waals surface area contributed by atoms with Gasteiger partial charge in [0.1, 0.15) is 11.4 Å². The Bertz CT molecular complexity index is 853. The molecule has 0 aliphatic rings. The third kappa shape index (κ3) is 5.60. The molecule has 0 amide bonds. The van der Waals surface area contributed by atoms with E-state index in [2.05, 4.69) is 5.32 Å². The standard InChI is InChI=1S/C18H17F3N2O5/c1-11(17(24)25)8-9-28-14-5-3-13(4-6-14)22-15-7-2-12(18(19,20)21)10-16(15)23(26)27/h2-7,10-11,22H,8-9H2,1H3,(H,24,25)/p-1. The molecular weight excluding hydrogens is 381 g/mol. The van der Waals surface area contributed by atoms with Gasteiger partial charge in [0.15, 0.2) is 0 Å². The molecule has 28 heavy (non-hydrogen) atoms. The van der Waals surface area contributed by atoms with Gasteiger partial charge in [-0.05, 0) is 48.7 Å². The molecule has 2 rings (SSSR count). The third-order valence-electron chi connectivity index (χ3n) is 3.88. The summed E-state index contributed by atoms with van der Waals surface area (Å²) >= 11 is 0. The van der Waals surface area contributed by atoms with Crippen LogP contribution in [0.5, 0.6) is 5.75 Å². The number of carboxylic acids is 1. The van der Waals surface area contributed by atoms with Gasteiger partial charge in [-0.15, -0.1) is 0 Å². The molecule has 0 fully saturated rings. The maximum Gasteiger partial charge on any atom is 0.416 e. The predicted molar refractivity (Wildman–Crippen MR) is 92.1 cm³/mol. The van der Waals surface area contributed by atoms with Crippen LogP contribution in [0.4, 0.5) is 30.2 Å². The number of rotatable bonds is 8. The second-order valence-electron chi connectivity index (χ2n) is 5.99. The fourth-order valence-electron chi connectivity index (χ4n) is 2.23. The van der Waals surface area contributed by atoms with Crippen LogP contribution in [0.25, 0.3) is 0 Å². The Hall–Kier alpha value is -3.30. The number of aliphatic carboxylic acids is 1. The molecule has 0 aliphatic carbocycles. The third-order valence-corrected chi connectivity index (χ3v) is 3.88. The highest BCUT2D eigenvalue weighted by Crippen LogP contribution is 2.36. The normalized spacial score (nSPS) is 12.3. The molecule has 0 aliphatic heterocycles. The summed E-state index contributed by atoms with van der Waals surface area (Å²) < 4.78 is 43.6. The molecule has 2 aromatic rings. The summed E-state index contributed by atoms with van der Waals surface area (Å²) in [7, 11) is 0. The maximum absolute atomic E-state index is 12.7. The van der Waals surface area contributed by atoms with Crippen molar-refractivity contribution in [1.82, 2.24) is 0 Å². The molecule has 2 aromatic carbocycles. The first-order valence-corrected chi connectivity index (χ1v) is 8.14. The average Bonchev–Trinajstić information content (AvgIpc) is 2.62. The van der Waals surface area contributed by atoms with Crippen LogP contribution in [0.2, 0.25) is 0 Å². The van der Waals surface area contributed by atoms with E-state index in [1.54, 1.807) is 12.1 Å². The molecule has 0 spiro atoms. The summed E-state index contributed by atoms with van der Waals surface area (Å²) in [6, 6.07) is 8.36. The molecule has 1 unspecified atom stereocenters. The monoisotopic (exact) mass is 397 g/mol. The molecule has 0 saturated heterocycles. The largest absolute Gasteiger partial charge is 0.550 e. The van der Waals surface area contributed by atoms with Gasteiger partial charge in [0.25, 0.3) is 5.69 Å².